The lowest BCUT2D eigenvalue weighted by molar-refractivity contribution is -0.140. The van der Waals surface area contributed by atoms with Gasteiger partial charge in [0.2, 0.25) is 17.7 Å². The van der Waals surface area contributed by atoms with Crippen LogP contribution in [0, 0.1) is 11.8 Å². The van der Waals surface area contributed by atoms with Crippen LogP contribution >= 0.6 is 11.3 Å². The number of likely N-dealkylation sites (tertiary alicyclic amines) is 1. The first-order chi connectivity index (χ1) is 13.5. The number of thiophene rings is 1. The SMILES string of the molecule is CCc1cc2c(=O)n(NC(=O)CCN3C(=O)[C@H]4CCCC[C@H]4C3=O)cnc2s1. The van der Waals surface area contributed by atoms with Gasteiger partial charge >= 0.3 is 0 Å². The van der Waals surface area contributed by atoms with Gasteiger partial charge in [-0.15, -0.1) is 11.3 Å². The van der Waals surface area contributed by atoms with Gasteiger partial charge in [0.25, 0.3) is 5.56 Å². The average molecular weight is 402 g/mol. The first-order valence-corrected chi connectivity index (χ1v) is 10.5. The van der Waals surface area contributed by atoms with Crippen molar-refractivity contribution in [2.45, 2.75) is 45.4 Å². The summed E-state index contributed by atoms with van der Waals surface area (Å²) in [5.74, 6) is -1.19. The molecule has 0 unspecified atom stereocenters. The van der Waals surface area contributed by atoms with Crippen molar-refractivity contribution < 1.29 is 14.4 Å². The van der Waals surface area contributed by atoms with E-state index in [1.807, 2.05) is 6.92 Å². The minimum Gasteiger partial charge on any atom is -0.282 e. The molecule has 0 bridgehead atoms. The molecule has 8 nitrogen and oxygen atoms in total. The Morgan fingerprint density at radius 1 is 1.21 bits per heavy atom. The molecule has 2 aromatic rings. The number of hydrogen-bond acceptors (Lipinski definition) is 6. The van der Waals surface area contributed by atoms with Crippen LogP contribution in [0.25, 0.3) is 10.2 Å². The van der Waals surface area contributed by atoms with Crippen LogP contribution in [0.5, 0.6) is 0 Å². The highest BCUT2D eigenvalue weighted by atomic mass is 32.1. The summed E-state index contributed by atoms with van der Waals surface area (Å²) in [7, 11) is 0. The predicted molar refractivity (Wildman–Crippen MR) is 104 cm³/mol. The molecular formula is C19H22N4O4S. The molecule has 148 valence electrons. The topological polar surface area (TPSA) is 101 Å². The highest BCUT2D eigenvalue weighted by Gasteiger charge is 2.47. The standard InChI is InChI=1S/C19H22N4O4S/c1-2-11-9-14-16(28-11)20-10-23(19(14)27)21-15(24)7-8-22-17(25)12-5-3-4-6-13(12)18(22)26/h9-10,12-13H,2-8H2,1H3,(H,21,24)/t12-,13+. The van der Waals surface area contributed by atoms with Crippen LogP contribution in [0.1, 0.15) is 43.9 Å². The molecule has 2 atom stereocenters. The summed E-state index contributed by atoms with van der Waals surface area (Å²) in [5, 5.41) is 0.471. The Balaban J connectivity index is 1.42. The fourth-order valence-electron chi connectivity index (χ4n) is 4.08. The van der Waals surface area contributed by atoms with Crippen LogP contribution in [0.4, 0.5) is 0 Å². The second-order valence-electron chi connectivity index (χ2n) is 7.32. The molecule has 0 spiro atoms. The van der Waals surface area contributed by atoms with Crippen molar-refractivity contribution in [3.8, 4) is 0 Å². The van der Waals surface area contributed by atoms with E-state index in [0.717, 1.165) is 41.7 Å². The molecule has 1 aliphatic carbocycles. The van der Waals surface area contributed by atoms with Gasteiger partial charge in [0.1, 0.15) is 11.2 Å². The lowest BCUT2D eigenvalue weighted by Gasteiger charge is -2.19. The molecule has 2 aromatic heterocycles. The van der Waals surface area contributed by atoms with Crippen LogP contribution in [0.15, 0.2) is 17.2 Å². The number of rotatable bonds is 5. The van der Waals surface area contributed by atoms with E-state index in [-0.39, 0.29) is 42.2 Å². The van der Waals surface area contributed by atoms with Gasteiger partial charge in [-0.1, -0.05) is 19.8 Å². The van der Waals surface area contributed by atoms with E-state index in [1.54, 1.807) is 6.07 Å². The zero-order valence-electron chi connectivity index (χ0n) is 15.6. The van der Waals surface area contributed by atoms with Crippen molar-refractivity contribution >= 4 is 39.3 Å². The fraction of sp³-hybridized carbons (Fsp3) is 0.526. The number of nitrogens with zero attached hydrogens (tertiary/aromatic N) is 3. The highest BCUT2D eigenvalue weighted by Crippen LogP contribution is 2.37. The molecule has 1 aliphatic heterocycles. The van der Waals surface area contributed by atoms with E-state index in [2.05, 4.69) is 10.4 Å². The third-order valence-electron chi connectivity index (χ3n) is 5.59. The van der Waals surface area contributed by atoms with Gasteiger partial charge in [-0.2, -0.15) is 0 Å². The second kappa shape index (κ2) is 7.46. The van der Waals surface area contributed by atoms with Gasteiger partial charge in [0.05, 0.1) is 17.2 Å². The molecule has 0 radical (unpaired) electrons. The molecule has 2 aliphatic rings. The number of nitrogens with one attached hydrogen (secondary N) is 1. The molecule has 2 fully saturated rings. The third kappa shape index (κ3) is 3.23. The van der Waals surface area contributed by atoms with Crippen molar-refractivity contribution in [1.82, 2.24) is 14.6 Å². The van der Waals surface area contributed by atoms with Crippen molar-refractivity contribution in [2.24, 2.45) is 11.8 Å². The molecule has 9 heteroatoms. The monoisotopic (exact) mass is 402 g/mol. The number of aromatic nitrogens is 2. The van der Waals surface area contributed by atoms with E-state index in [1.165, 1.54) is 22.6 Å². The zero-order valence-corrected chi connectivity index (χ0v) is 16.5. The number of aryl methyl sites for hydroxylation is 1. The molecule has 1 N–H and O–H groups in total. The molecule has 3 heterocycles. The highest BCUT2D eigenvalue weighted by molar-refractivity contribution is 7.18. The summed E-state index contributed by atoms with van der Waals surface area (Å²) in [6.07, 6.45) is 5.49. The van der Waals surface area contributed by atoms with E-state index in [0.29, 0.717) is 10.2 Å². The fourth-order valence-corrected chi connectivity index (χ4v) is 5.01. The zero-order chi connectivity index (χ0) is 19.8. The van der Waals surface area contributed by atoms with Gasteiger partial charge in [-0.05, 0) is 25.3 Å². The summed E-state index contributed by atoms with van der Waals surface area (Å²) < 4.78 is 1.06. The molecular weight excluding hydrogens is 380 g/mol. The Bertz CT molecular complexity index is 987. The van der Waals surface area contributed by atoms with Gasteiger partial charge < -0.3 is 0 Å². The Kier molecular flexibility index (Phi) is 5.01. The van der Waals surface area contributed by atoms with Crippen LogP contribution in [-0.2, 0) is 20.8 Å². The van der Waals surface area contributed by atoms with Crippen LogP contribution < -0.4 is 11.0 Å². The molecule has 1 saturated carbocycles. The first kappa shape index (κ1) is 18.8. The minimum atomic E-state index is -0.440. The smallest absolute Gasteiger partial charge is 0.280 e. The lowest BCUT2D eigenvalue weighted by Crippen LogP contribution is -2.37. The lowest BCUT2D eigenvalue weighted by atomic mass is 9.81. The number of imide groups is 1. The number of carbonyl (C=O) groups is 3. The largest absolute Gasteiger partial charge is 0.282 e. The van der Waals surface area contributed by atoms with E-state index in [9.17, 15) is 19.2 Å². The molecule has 28 heavy (non-hydrogen) atoms. The van der Waals surface area contributed by atoms with E-state index >= 15 is 0 Å². The molecule has 3 amide bonds. The Labute approximate surface area is 165 Å². The van der Waals surface area contributed by atoms with Crippen LogP contribution in [0.3, 0.4) is 0 Å². The average Bonchev–Trinajstić information content (AvgIpc) is 3.23. The summed E-state index contributed by atoms with van der Waals surface area (Å²) in [6, 6.07) is 1.79. The van der Waals surface area contributed by atoms with E-state index < -0.39 is 5.91 Å². The molecule has 1 saturated heterocycles. The Morgan fingerprint density at radius 2 is 1.89 bits per heavy atom. The van der Waals surface area contributed by atoms with Gasteiger partial charge in [-0.3, -0.25) is 29.5 Å². The number of carbonyl (C=O) groups excluding carboxylic acids is 3. The van der Waals surface area contributed by atoms with Gasteiger partial charge in [-0.25, -0.2) is 9.66 Å². The minimum absolute atomic E-state index is 0.0410. The number of hydrogen-bond donors (Lipinski definition) is 1. The van der Waals surface area contributed by atoms with Crippen molar-refractivity contribution in [3.05, 3.63) is 27.6 Å². The Hall–Kier alpha value is -2.55. The molecule has 4 rings (SSSR count). The summed E-state index contributed by atoms with van der Waals surface area (Å²) >= 11 is 1.46. The van der Waals surface area contributed by atoms with Crippen molar-refractivity contribution in [2.75, 3.05) is 12.0 Å². The molecule has 0 aromatic carbocycles. The summed E-state index contributed by atoms with van der Waals surface area (Å²) in [6.45, 7) is 2.04. The maximum absolute atomic E-state index is 12.5. The summed E-state index contributed by atoms with van der Waals surface area (Å²) in [4.78, 5) is 56.9. The number of amides is 3. The van der Waals surface area contributed by atoms with E-state index in [4.69, 9.17) is 0 Å². The first-order valence-electron chi connectivity index (χ1n) is 9.64. The van der Waals surface area contributed by atoms with Gasteiger partial charge in [0.15, 0.2) is 0 Å². The van der Waals surface area contributed by atoms with Crippen LogP contribution in [-0.4, -0.2) is 38.8 Å². The van der Waals surface area contributed by atoms with Crippen molar-refractivity contribution in [3.63, 3.8) is 0 Å². The second-order valence-corrected chi connectivity index (χ2v) is 8.43. The quantitative estimate of drug-likeness (QED) is 0.767. The summed E-state index contributed by atoms with van der Waals surface area (Å²) in [5.41, 5.74) is 2.16. The van der Waals surface area contributed by atoms with Gasteiger partial charge in [0, 0.05) is 17.8 Å². The maximum atomic E-state index is 12.5. The third-order valence-corrected chi connectivity index (χ3v) is 6.78. The number of fused-ring (bicyclic) bond motifs is 2. The maximum Gasteiger partial charge on any atom is 0.280 e. The Morgan fingerprint density at radius 3 is 2.54 bits per heavy atom. The predicted octanol–water partition coefficient (Wildman–Crippen LogP) is 1.66. The van der Waals surface area contributed by atoms with Crippen molar-refractivity contribution in [1.29, 1.82) is 0 Å². The normalized spacial score (nSPS) is 22.0. The van der Waals surface area contributed by atoms with Crippen LogP contribution in [0.2, 0.25) is 0 Å².